The van der Waals surface area contributed by atoms with E-state index in [1.807, 2.05) is 11.4 Å². The molecule has 5 heteroatoms. The van der Waals surface area contributed by atoms with Gasteiger partial charge in [0.05, 0.1) is 6.21 Å². The maximum Gasteiger partial charge on any atom is 0.186 e. The van der Waals surface area contributed by atoms with Crippen molar-refractivity contribution in [3.8, 4) is 0 Å². The number of nitrogens with one attached hydrogen (secondary N) is 2. The minimum absolute atomic E-state index is 0.518. The predicted octanol–water partition coefficient (Wildman–Crippen LogP) is 1.48. The van der Waals surface area contributed by atoms with E-state index < -0.39 is 0 Å². The summed E-state index contributed by atoms with van der Waals surface area (Å²) in [5.41, 5.74) is 3.81. The Balaban J connectivity index is 2.50. The maximum atomic E-state index is 4.85. The molecule has 2 N–H and O–H groups in total. The average molecular weight is 213 g/mol. The van der Waals surface area contributed by atoms with Gasteiger partial charge in [-0.3, -0.25) is 5.43 Å². The van der Waals surface area contributed by atoms with Crippen LogP contribution in [0.4, 0.5) is 0 Å². The van der Waals surface area contributed by atoms with Crippen LogP contribution in [0.1, 0.15) is 10.4 Å². The number of nitrogens with zero attached hydrogens (tertiary/aromatic N) is 1. The van der Waals surface area contributed by atoms with E-state index >= 15 is 0 Å². The molecule has 13 heavy (non-hydrogen) atoms. The highest BCUT2D eigenvalue weighted by atomic mass is 32.1. The summed E-state index contributed by atoms with van der Waals surface area (Å²) in [6.45, 7) is 2.06. The number of rotatable bonds is 2. The Labute approximate surface area is 86.9 Å². The van der Waals surface area contributed by atoms with E-state index in [-0.39, 0.29) is 0 Å². The molecule has 0 saturated heterocycles. The van der Waals surface area contributed by atoms with Gasteiger partial charge in [-0.05, 0) is 30.6 Å². The first kappa shape index (κ1) is 10.1. The Kier molecular flexibility index (Phi) is 3.85. The molecule has 0 atom stereocenters. The molecular weight excluding hydrogens is 202 g/mol. The summed E-state index contributed by atoms with van der Waals surface area (Å²) in [4.78, 5) is 1.25. The largest absolute Gasteiger partial charge is 0.364 e. The van der Waals surface area contributed by atoms with Gasteiger partial charge in [-0.25, -0.2) is 0 Å². The molecule has 0 bridgehead atoms. The van der Waals surface area contributed by atoms with E-state index in [2.05, 4.69) is 22.8 Å². The third-order valence-electron chi connectivity index (χ3n) is 1.50. The van der Waals surface area contributed by atoms with E-state index in [4.69, 9.17) is 12.2 Å². The number of thiocarbonyl (C=S) groups is 1. The fraction of sp³-hybridized carbons (Fsp3) is 0.250. The molecule has 0 aliphatic carbocycles. The highest BCUT2D eigenvalue weighted by Crippen LogP contribution is 2.12. The van der Waals surface area contributed by atoms with Crippen LogP contribution in [0, 0.1) is 6.92 Å². The Morgan fingerprint density at radius 1 is 1.69 bits per heavy atom. The minimum atomic E-state index is 0.518. The fourth-order valence-corrected chi connectivity index (χ4v) is 1.47. The summed E-state index contributed by atoms with van der Waals surface area (Å²) in [6.07, 6.45) is 1.76. The van der Waals surface area contributed by atoms with Gasteiger partial charge >= 0.3 is 0 Å². The van der Waals surface area contributed by atoms with Crippen molar-refractivity contribution < 1.29 is 0 Å². The molecule has 1 rings (SSSR count). The summed E-state index contributed by atoms with van der Waals surface area (Å²) >= 11 is 6.55. The van der Waals surface area contributed by atoms with Crippen molar-refractivity contribution in [2.24, 2.45) is 5.10 Å². The monoisotopic (exact) mass is 213 g/mol. The third kappa shape index (κ3) is 3.12. The molecule has 0 aliphatic heterocycles. The Hall–Kier alpha value is -0.940. The van der Waals surface area contributed by atoms with E-state index in [9.17, 15) is 0 Å². The van der Waals surface area contributed by atoms with E-state index in [1.54, 1.807) is 24.6 Å². The van der Waals surface area contributed by atoms with Crippen molar-refractivity contribution in [3.63, 3.8) is 0 Å². The van der Waals surface area contributed by atoms with Gasteiger partial charge in [0.1, 0.15) is 0 Å². The van der Waals surface area contributed by atoms with Gasteiger partial charge < -0.3 is 5.32 Å². The van der Waals surface area contributed by atoms with Gasteiger partial charge in [-0.2, -0.15) is 5.10 Å². The second-order valence-corrected chi connectivity index (χ2v) is 3.91. The van der Waals surface area contributed by atoms with Gasteiger partial charge in [0.15, 0.2) is 5.11 Å². The van der Waals surface area contributed by atoms with Crippen LogP contribution in [0.5, 0.6) is 0 Å². The summed E-state index contributed by atoms with van der Waals surface area (Å²) < 4.78 is 0. The Morgan fingerprint density at radius 2 is 2.46 bits per heavy atom. The van der Waals surface area contributed by atoms with Crippen molar-refractivity contribution in [1.29, 1.82) is 0 Å². The maximum absolute atomic E-state index is 4.85. The standard InChI is InChI=1S/C8H11N3S2/c1-6-7(3-4-13-6)5-10-11-8(12)9-2/h3-5H,1-2H3,(H2,9,11,12)/b10-5+. The number of thiophene rings is 1. The van der Waals surface area contributed by atoms with Crippen LogP contribution in [0.15, 0.2) is 16.5 Å². The number of hydrazone groups is 1. The molecule has 1 aromatic heterocycles. The first-order chi connectivity index (χ1) is 6.24. The first-order valence-corrected chi connectivity index (χ1v) is 5.07. The topological polar surface area (TPSA) is 36.4 Å². The molecule has 0 aromatic carbocycles. The van der Waals surface area contributed by atoms with Crippen LogP contribution >= 0.6 is 23.6 Å². The molecule has 0 amide bonds. The van der Waals surface area contributed by atoms with Crippen LogP contribution in [-0.4, -0.2) is 18.4 Å². The lowest BCUT2D eigenvalue weighted by atomic mass is 10.3. The number of hydrogen-bond donors (Lipinski definition) is 2. The van der Waals surface area contributed by atoms with Gasteiger partial charge in [-0.15, -0.1) is 11.3 Å². The molecule has 70 valence electrons. The van der Waals surface area contributed by atoms with Crippen molar-refractivity contribution in [1.82, 2.24) is 10.7 Å². The highest BCUT2D eigenvalue weighted by Gasteiger charge is 1.94. The van der Waals surface area contributed by atoms with Gasteiger partial charge in [-0.1, -0.05) is 0 Å². The molecule has 0 fully saturated rings. The van der Waals surface area contributed by atoms with E-state index in [1.165, 1.54) is 4.88 Å². The van der Waals surface area contributed by atoms with Crippen LogP contribution in [-0.2, 0) is 0 Å². The third-order valence-corrected chi connectivity index (χ3v) is 2.65. The molecular formula is C8H11N3S2. The smallest absolute Gasteiger partial charge is 0.186 e. The second-order valence-electron chi connectivity index (χ2n) is 2.38. The van der Waals surface area contributed by atoms with Crippen LogP contribution in [0.25, 0.3) is 0 Å². The molecule has 0 unspecified atom stereocenters. The summed E-state index contributed by atoms with van der Waals surface area (Å²) in [5, 5.41) is 9.29. The van der Waals surface area contributed by atoms with Gasteiger partial charge in [0, 0.05) is 17.5 Å². The lowest BCUT2D eigenvalue weighted by Gasteiger charge is -1.98. The molecule has 1 heterocycles. The van der Waals surface area contributed by atoms with Crippen molar-refractivity contribution >= 4 is 34.9 Å². The van der Waals surface area contributed by atoms with Crippen molar-refractivity contribution in [2.75, 3.05) is 7.05 Å². The SMILES string of the molecule is CNC(=S)N/N=C/c1ccsc1C. The average Bonchev–Trinajstić information content (AvgIpc) is 2.52. The quantitative estimate of drug-likeness (QED) is 0.444. The van der Waals surface area contributed by atoms with Crippen LogP contribution in [0.2, 0.25) is 0 Å². The van der Waals surface area contributed by atoms with Crippen LogP contribution in [0.3, 0.4) is 0 Å². The fourth-order valence-electron chi connectivity index (χ4n) is 0.745. The molecule has 0 radical (unpaired) electrons. The second kappa shape index (κ2) is 4.94. The number of aryl methyl sites for hydroxylation is 1. The molecule has 0 spiro atoms. The molecule has 0 aliphatic rings. The Bertz CT molecular complexity index is 317. The van der Waals surface area contributed by atoms with Crippen molar-refractivity contribution in [3.05, 3.63) is 21.9 Å². The van der Waals surface area contributed by atoms with Crippen molar-refractivity contribution in [2.45, 2.75) is 6.92 Å². The van der Waals surface area contributed by atoms with Gasteiger partial charge in [0.2, 0.25) is 0 Å². The first-order valence-electron chi connectivity index (χ1n) is 3.79. The summed E-state index contributed by atoms with van der Waals surface area (Å²) in [5.74, 6) is 0. The predicted molar refractivity (Wildman–Crippen MR) is 61.4 cm³/mol. The van der Waals surface area contributed by atoms with E-state index in [0.717, 1.165) is 5.56 Å². The lowest BCUT2D eigenvalue weighted by molar-refractivity contribution is 0.982. The van der Waals surface area contributed by atoms with Crippen LogP contribution < -0.4 is 10.7 Å². The zero-order valence-electron chi connectivity index (χ0n) is 7.50. The molecule has 0 saturated carbocycles. The summed E-state index contributed by atoms with van der Waals surface area (Å²) in [7, 11) is 1.75. The van der Waals surface area contributed by atoms with Gasteiger partial charge in [0.25, 0.3) is 0 Å². The zero-order valence-corrected chi connectivity index (χ0v) is 9.13. The number of hydrogen-bond acceptors (Lipinski definition) is 3. The summed E-state index contributed by atoms with van der Waals surface area (Å²) in [6, 6.07) is 2.02. The van der Waals surface area contributed by atoms with E-state index in [0.29, 0.717) is 5.11 Å². The minimum Gasteiger partial charge on any atom is -0.364 e. The Morgan fingerprint density at radius 3 is 3.00 bits per heavy atom. The lowest BCUT2D eigenvalue weighted by Crippen LogP contribution is -2.28. The zero-order chi connectivity index (χ0) is 9.68. The normalized spacial score (nSPS) is 10.3. The highest BCUT2D eigenvalue weighted by molar-refractivity contribution is 7.80. The molecule has 3 nitrogen and oxygen atoms in total. The molecule has 1 aromatic rings.